The molecule has 0 aromatic heterocycles. The molecule has 5 rings (SSSR count). The molecule has 0 saturated carbocycles. The summed E-state index contributed by atoms with van der Waals surface area (Å²) >= 11 is 0. The Hall–Kier alpha value is -4.30. The molecule has 0 bridgehead atoms. The summed E-state index contributed by atoms with van der Waals surface area (Å²) in [6, 6.07) is 29.0. The molecule has 2 saturated heterocycles. The lowest BCUT2D eigenvalue weighted by Gasteiger charge is -2.39. The van der Waals surface area contributed by atoms with E-state index in [0.29, 0.717) is 6.54 Å². The van der Waals surface area contributed by atoms with Crippen LogP contribution in [0.15, 0.2) is 91.0 Å². The molecule has 0 aliphatic carbocycles. The van der Waals surface area contributed by atoms with Crippen molar-refractivity contribution < 1.29 is 19.2 Å². The lowest BCUT2D eigenvalue weighted by Crippen LogP contribution is -2.59. The van der Waals surface area contributed by atoms with Gasteiger partial charge in [-0.05, 0) is 29.5 Å². The molecule has 2 aliphatic rings. The fourth-order valence-corrected chi connectivity index (χ4v) is 6.54. The number of ketones is 1. The standard InChI is InChI=1S/C34H38N4O4/c1-24(2)31(25(3)39)35(4)33(42)36-20-21-37(30(40)23-36)32(41)29-22-38(29)34(26-14-8-5-9-15-26,27-16-10-6-11-17-27)28-18-12-7-13-19-28/h5-19,24,29,31H,20-23H2,1-4H3/t29-,31-,38?/m0/s1. The molecule has 8 nitrogen and oxygen atoms in total. The maximum atomic E-state index is 13.9. The third-order valence-corrected chi connectivity index (χ3v) is 8.43. The van der Waals surface area contributed by atoms with Crippen molar-refractivity contribution in [1.29, 1.82) is 0 Å². The fourth-order valence-electron chi connectivity index (χ4n) is 6.54. The minimum absolute atomic E-state index is 0.0602. The molecule has 0 N–H and O–H groups in total. The van der Waals surface area contributed by atoms with E-state index in [9.17, 15) is 19.2 Å². The van der Waals surface area contributed by atoms with Crippen LogP contribution in [0, 0.1) is 5.92 Å². The van der Waals surface area contributed by atoms with Crippen molar-refractivity contribution >= 4 is 23.6 Å². The van der Waals surface area contributed by atoms with E-state index in [-0.39, 0.29) is 43.3 Å². The number of imide groups is 1. The summed E-state index contributed by atoms with van der Waals surface area (Å²) in [5.74, 6) is -0.826. The van der Waals surface area contributed by atoms with Crippen LogP contribution in [0.4, 0.5) is 4.79 Å². The van der Waals surface area contributed by atoms with E-state index in [1.165, 1.54) is 21.6 Å². The SMILES string of the molecule is CC(=O)[C@H](C(C)C)N(C)C(=O)N1CCN(C(=O)[C@@H]2CN2C(c2ccccc2)(c2ccccc2)c2ccccc2)C(=O)C1. The van der Waals surface area contributed by atoms with Gasteiger partial charge in [0, 0.05) is 26.7 Å². The molecule has 3 atom stereocenters. The first-order valence-electron chi connectivity index (χ1n) is 14.5. The van der Waals surface area contributed by atoms with Crippen LogP contribution in [-0.2, 0) is 19.9 Å². The van der Waals surface area contributed by atoms with Crippen LogP contribution in [0.25, 0.3) is 0 Å². The van der Waals surface area contributed by atoms with Crippen LogP contribution < -0.4 is 0 Å². The van der Waals surface area contributed by atoms with E-state index in [1.54, 1.807) is 7.05 Å². The lowest BCUT2D eigenvalue weighted by atomic mass is 9.76. The largest absolute Gasteiger partial charge is 0.320 e. The second-order valence-electron chi connectivity index (χ2n) is 11.5. The van der Waals surface area contributed by atoms with Crippen molar-refractivity contribution in [1.82, 2.24) is 19.6 Å². The highest BCUT2D eigenvalue weighted by molar-refractivity contribution is 6.02. The Morgan fingerprint density at radius 1 is 0.810 bits per heavy atom. The number of amides is 4. The second kappa shape index (κ2) is 11.9. The molecule has 3 aromatic carbocycles. The van der Waals surface area contributed by atoms with Crippen molar-refractivity contribution in [2.24, 2.45) is 5.92 Å². The molecule has 42 heavy (non-hydrogen) atoms. The van der Waals surface area contributed by atoms with E-state index < -0.39 is 23.5 Å². The van der Waals surface area contributed by atoms with E-state index in [2.05, 4.69) is 41.3 Å². The van der Waals surface area contributed by atoms with Crippen molar-refractivity contribution in [3.05, 3.63) is 108 Å². The maximum absolute atomic E-state index is 13.9. The first-order valence-corrected chi connectivity index (χ1v) is 14.5. The average molecular weight is 567 g/mol. The molecule has 2 heterocycles. The van der Waals surface area contributed by atoms with Crippen LogP contribution in [0.1, 0.15) is 37.5 Å². The molecule has 218 valence electrons. The highest BCUT2D eigenvalue weighted by atomic mass is 16.2. The first kappa shape index (κ1) is 29.2. The van der Waals surface area contributed by atoms with Crippen molar-refractivity contribution in [3.8, 4) is 0 Å². The van der Waals surface area contributed by atoms with Gasteiger partial charge in [0.05, 0.1) is 11.6 Å². The van der Waals surface area contributed by atoms with Crippen LogP contribution in [-0.4, -0.2) is 88.5 Å². The Morgan fingerprint density at radius 2 is 1.29 bits per heavy atom. The smallest absolute Gasteiger partial charge is 0.317 e. The van der Waals surface area contributed by atoms with Crippen LogP contribution in [0.5, 0.6) is 0 Å². The minimum atomic E-state index is -0.730. The summed E-state index contributed by atoms with van der Waals surface area (Å²) in [6.45, 7) is 5.86. The van der Waals surface area contributed by atoms with E-state index in [0.717, 1.165) is 16.7 Å². The van der Waals surface area contributed by atoms with Gasteiger partial charge >= 0.3 is 6.03 Å². The van der Waals surface area contributed by atoms with Gasteiger partial charge in [0.2, 0.25) is 11.8 Å². The molecule has 1 unspecified atom stereocenters. The Morgan fingerprint density at radius 3 is 1.69 bits per heavy atom. The molecule has 0 spiro atoms. The summed E-state index contributed by atoms with van der Waals surface area (Å²) in [4.78, 5) is 58.9. The number of rotatable bonds is 8. The highest BCUT2D eigenvalue weighted by Crippen LogP contribution is 2.48. The summed E-state index contributed by atoms with van der Waals surface area (Å²) in [5, 5.41) is 0. The Kier molecular flexibility index (Phi) is 8.27. The molecule has 4 amide bonds. The molecule has 3 aromatic rings. The van der Waals surface area contributed by atoms with Gasteiger partial charge in [-0.2, -0.15) is 0 Å². The van der Waals surface area contributed by atoms with Crippen molar-refractivity contribution in [2.45, 2.75) is 38.4 Å². The summed E-state index contributed by atoms with van der Waals surface area (Å²) < 4.78 is 0. The third kappa shape index (κ3) is 5.23. The summed E-state index contributed by atoms with van der Waals surface area (Å²) in [5.41, 5.74) is 2.37. The van der Waals surface area contributed by atoms with E-state index in [1.807, 2.05) is 68.4 Å². The Bertz CT molecular complexity index is 1350. The van der Waals surface area contributed by atoms with Crippen LogP contribution in [0.3, 0.4) is 0 Å². The number of piperazine rings is 1. The Labute approximate surface area is 247 Å². The van der Waals surface area contributed by atoms with Crippen molar-refractivity contribution in [2.75, 3.05) is 33.2 Å². The molecule has 8 heteroatoms. The number of Topliss-reactive ketones (excluding diaryl/α,β-unsaturated/α-hetero) is 1. The van der Waals surface area contributed by atoms with Gasteiger partial charge in [-0.1, -0.05) is 105 Å². The van der Waals surface area contributed by atoms with Gasteiger partial charge < -0.3 is 9.80 Å². The lowest BCUT2D eigenvalue weighted by molar-refractivity contribution is -0.148. The molecule has 2 fully saturated rings. The Balaban J connectivity index is 1.40. The monoisotopic (exact) mass is 566 g/mol. The summed E-state index contributed by atoms with van der Waals surface area (Å²) in [7, 11) is 1.59. The van der Waals surface area contributed by atoms with Gasteiger partial charge in [0.15, 0.2) is 5.78 Å². The number of carbonyl (C=O) groups excluding carboxylic acids is 4. The van der Waals surface area contributed by atoms with Crippen LogP contribution >= 0.6 is 0 Å². The zero-order valence-corrected chi connectivity index (χ0v) is 24.6. The third-order valence-electron chi connectivity index (χ3n) is 8.43. The normalized spacial score (nSPS) is 19.4. The number of benzene rings is 3. The first-order chi connectivity index (χ1) is 20.2. The predicted octanol–water partition coefficient (Wildman–Crippen LogP) is 4.00. The highest BCUT2D eigenvalue weighted by Gasteiger charge is 2.57. The van der Waals surface area contributed by atoms with Gasteiger partial charge in [-0.25, -0.2) is 4.79 Å². The zero-order chi connectivity index (χ0) is 30.0. The number of hydrogen-bond acceptors (Lipinski definition) is 5. The number of likely N-dealkylation sites (N-methyl/N-ethyl adjacent to an activating group) is 1. The fraction of sp³-hybridized carbons (Fsp3) is 0.353. The number of urea groups is 1. The summed E-state index contributed by atoms with van der Waals surface area (Å²) in [6.07, 6.45) is 0. The van der Waals surface area contributed by atoms with Gasteiger partial charge in [0.1, 0.15) is 12.6 Å². The minimum Gasteiger partial charge on any atom is -0.317 e. The average Bonchev–Trinajstić information content (AvgIpc) is 3.79. The topological polar surface area (TPSA) is 81.0 Å². The van der Waals surface area contributed by atoms with E-state index in [4.69, 9.17) is 0 Å². The molecular formula is C34H38N4O4. The molecular weight excluding hydrogens is 528 g/mol. The van der Waals surface area contributed by atoms with Crippen LogP contribution in [0.2, 0.25) is 0 Å². The zero-order valence-electron chi connectivity index (χ0n) is 24.6. The maximum Gasteiger partial charge on any atom is 0.320 e. The number of carbonyl (C=O) groups is 4. The van der Waals surface area contributed by atoms with Crippen molar-refractivity contribution in [3.63, 3.8) is 0 Å². The quantitative estimate of drug-likeness (QED) is 0.234. The van der Waals surface area contributed by atoms with Gasteiger partial charge in [0.25, 0.3) is 0 Å². The van der Waals surface area contributed by atoms with Gasteiger partial charge in [-0.3, -0.25) is 24.2 Å². The molecule has 0 radical (unpaired) electrons. The predicted molar refractivity (Wildman–Crippen MR) is 160 cm³/mol. The van der Waals surface area contributed by atoms with E-state index >= 15 is 0 Å². The molecule has 2 aliphatic heterocycles. The number of nitrogens with zero attached hydrogens (tertiary/aromatic N) is 4. The van der Waals surface area contributed by atoms with Gasteiger partial charge in [-0.15, -0.1) is 0 Å². The second-order valence-corrected chi connectivity index (χ2v) is 11.5. The number of hydrogen-bond donors (Lipinski definition) is 0.